The minimum absolute atomic E-state index is 0.136. The minimum atomic E-state index is 0.136. The zero-order chi connectivity index (χ0) is 14.7. The van der Waals surface area contributed by atoms with Crippen molar-refractivity contribution < 1.29 is 0 Å². The van der Waals surface area contributed by atoms with Crippen molar-refractivity contribution in [3.05, 3.63) is 51.8 Å². The number of hydrogen-bond acceptors (Lipinski definition) is 3. The lowest BCUT2D eigenvalue weighted by Gasteiger charge is -2.16. The van der Waals surface area contributed by atoms with E-state index in [-0.39, 0.29) is 6.04 Å². The normalized spacial score (nSPS) is 12.7. The molecule has 0 amide bonds. The van der Waals surface area contributed by atoms with Crippen LogP contribution in [0.1, 0.15) is 22.4 Å². The van der Waals surface area contributed by atoms with Crippen LogP contribution in [0.15, 0.2) is 24.3 Å². The molecule has 1 atom stereocenters. The van der Waals surface area contributed by atoms with Crippen LogP contribution in [0.5, 0.6) is 0 Å². The number of benzene rings is 1. The van der Waals surface area contributed by atoms with Gasteiger partial charge in [0, 0.05) is 18.7 Å². The molecule has 4 nitrogen and oxygen atoms in total. The summed E-state index contributed by atoms with van der Waals surface area (Å²) in [4.78, 5) is 0. The summed E-state index contributed by atoms with van der Waals surface area (Å²) < 4.78 is 1.70. The van der Waals surface area contributed by atoms with Gasteiger partial charge in [0.1, 0.15) is 5.15 Å². The maximum absolute atomic E-state index is 6.28. The first-order chi connectivity index (χ1) is 9.51. The van der Waals surface area contributed by atoms with Gasteiger partial charge in [0.2, 0.25) is 0 Å². The number of nitrogens with zero attached hydrogens (tertiary/aromatic N) is 2. The molecule has 1 aromatic carbocycles. The molecule has 0 saturated heterocycles. The zero-order valence-electron chi connectivity index (χ0n) is 12.2. The summed E-state index contributed by atoms with van der Waals surface area (Å²) in [6.07, 6.45) is 1.63. The van der Waals surface area contributed by atoms with Crippen LogP contribution in [-0.4, -0.2) is 15.8 Å². The van der Waals surface area contributed by atoms with Crippen molar-refractivity contribution in [3.63, 3.8) is 0 Å². The molecule has 108 valence electrons. The van der Waals surface area contributed by atoms with Crippen molar-refractivity contribution >= 4 is 11.6 Å². The molecule has 0 fully saturated rings. The first-order valence-corrected chi connectivity index (χ1v) is 7.08. The lowest BCUT2D eigenvalue weighted by molar-refractivity contribution is 0.521. The molecule has 0 saturated carbocycles. The monoisotopic (exact) mass is 292 g/mol. The van der Waals surface area contributed by atoms with E-state index in [2.05, 4.69) is 41.7 Å². The van der Waals surface area contributed by atoms with E-state index < -0.39 is 0 Å². The Kier molecular flexibility index (Phi) is 4.81. The van der Waals surface area contributed by atoms with E-state index in [1.165, 1.54) is 11.1 Å². The summed E-state index contributed by atoms with van der Waals surface area (Å²) in [5, 5.41) is 5.02. The van der Waals surface area contributed by atoms with Crippen LogP contribution in [0.4, 0.5) is 0 Å². The predicted molar refractivity (Wildman–Crippen MR) is 82.7 cm³/mol. The fourth-order valence-corrected chi connectivity index (χ4v) is 2.72. The lowest BCUT2D eigenvalue weighted by atomic mass is 9.99. The number of rotatable bonds is 5. The number of nitrogens with two attached hydrogens (primary N) is 1. The van der Waals surface area contributed by atoms with Crippen molar-refractivity contribution in [1.29, 1.82) is 0 Å². The summed E-state index contributed by atoms with van der Waals surface area (Å²) >= 11 is 6.28. The number of hydrazine groups is 1. The fourth-order valence-electron chi connectivity index (χ4n) is 2.47. The van der Waals surface area contributed by atoms with Crippen LogP contribution in [0, 0.1) is 13.8 Å². The second kappa shape index (κ2) is 6.39. The van der Waals surface area contributed by atoms with Crippen molar-refractivity contribution in [2.75, 3.05) is 0 Å². The highest BCUT2D eigenvalue weighted by molar-refractivity contribution is 6.30. The Bertz CT molecular complexity index is 592. The molecule has 20 heavy (non-hydrogen) atoms. The van der Waals surface area contributed by atoms with Crippen molar-refractivity contribution in [1.82, 2.24) is 15.2 Å². The topological polar surface area (TPSA) is 55.9 Å². The number of hydrogen-bond donors (Lipinski definition) is 2. The van der Waals surface area contributed by atoms with Crippen molar-refractivity contribution in [2.45, 2.75) is 32.7 Å². The van der Waals surface area contributed by atoms with Gasteiger partial charge in [0.25, 0.3) is 0 Å². The Labute approximate surface area is 124 Å². The Balaban J connectivity index is 2.13. The van der Waals surface area contributed by atoms with Gasteiger partial charge >= 0.3 is 0 Å². The van der Waals surface area contributed by atoms with Crippen LogP contribution in [0.2, 0.25) is 5.15 Å². The van der Waals surface area contributed by atoms with Gasteiger partial charge in [-0.2, -0.15) is 5.10 Å². The van der Waals surface area contributed by atoms with Gasteiger partial charge in [0.15, 0.2) is 0 Å². The Morgan fingerprint density at radius 3 is 2.65 bits per heavy atom. The molecule has 1 unspecified atom stereocenters. The Hall–Kier alpha value is -1.36. The predicted octanol–water partition coefficient (Wildman–Crippen LogP) is 2.31. The van der Waals surface area contributed by atoms with Crippen molar-refractivity contribution in [3.8, 4) is 0 Å². The van der Waals surface area contributed by atoms with E-state index in [0.717, 1.165) is 24.1 Å². The Morgan fingerprint density at radius 1 is 1.35 bits per heavy atom. The van der Waals surface area contributed by atoms with Gasteiger partial charge in [-0.25, -0.2) is 0 Å². The minimum Gasteiger partial charge on any atom is -0.271 e. The lowest BCUT2D eigenvalue weighted by Crippen LogP contribution is -2.38. The SMILES string of the molecule is Cc1cccc(CC(Cc2c(C)nn(C)c2Cl)NN)c1. The van der Waals surface area contributed by atoms with E-state index in [1.807, 2.05) is 14.0 Å². The quantitative estimate of drug-likeness (QED) is 0.657. The van der Waals surface area contributed by atoms with Crippen LogP contribution >= 0.6 is 11.6 Å². The number of halogens is 1. The van der Waals surface area contributed by atoms with Crippen molar-refractivity contribution in [2.24, 2.45) is 12.9 Å². The molecule has 0 aliphatic heterocycles. The van der Waals surface area contributed by atoms with E-state index in [0.29, 0.717) is 5.15 Å². The average molecular weight is 293 g/mol. The first kappa shape index (κ1) is 15.0. The second-order valence-corrected chi connectivity index (χ2v) is 5.60. The summed E-state index contributed by atoms with van der Waals surface area (Å²) in [6.45, 7) is 4.07. The van der Waals surface area contributed by atoms with Crippen LogP contribution in [0.25, 0.3) is 0 Å². The summed E-state index contributed by atoms with van der Waals surface area (Å²) in [7, 11) is 1.85. The Morgan fingerprint density at radius 2 is 2.10 bits per heavy atom. The molecular weight excluding hydrogens is 272 g/mol. The van der Waals surface area contributed by atoms with Gasteiger partial charge in [-0.3, -0.25) is 16.0 Å². The largest absolute Gasteiger partial charge is 0.271 e. The van der Waals surface area contributed by atoms with Gasteiger partial charge in [-0.15, -0.1) is 0 Å². The maximum Gasteiger partial charge on any atom is 0.130 e. The molecule has 2 rings (SSSR count). The fraction of sp³-hybridized carbons (Fsp3) is 0.400. The summed E-state index contributed by atoms with van der Waals surface area (Å²) in [5.41, 5.74) is 7.43. The highest BCUT2D eigenvalue weighted by Crippen LogP contribution is 2.21. The summed E-state index contributed by atoms with van der Waals surface area (Å²) in [6, 6.07) is 8.60. The highest BCUT2D eigenvalue weighted by Gasteiger charge is 2.16. The number of aryl methyl sites for hydroxylation is 3. The number of aromatic nitrogens is 2. The molecule has 1 aromatic heterocycles. The molecule has 5 heteroatoms. The maximum atomic E-state index is 6.28. The second-order valence-electron chi connectivity index (χ2n) is 5.24. The molecule has 3 N–H and O–H groups in total. The van der Waals surface area contributed by atoms with Gasteiger partial charge in [-0.1, -0.05) is 41.4 Å². The third-order valence-corrected chi connectivity index (χ3v) is 3.99. The first-order valence-electron chi connectivity index (χ1n) is 6.71. The zero-order valence-corrected chi connectivity index (χ0v) is 12.9. The molecule has 1 heterocycles. The van der Waals surface area contributed by atoms with E-state index in [4.69, 9.17) is 17.4 Å². The molecular formula is C15H21ClN4. The van der Waals surface area contributed by atoms with Crippen LogP contribution in [-0.2, 0) is 19.9 Å². The van der Waals surface area contributed by atoms with E-state index in [1.54, 1.807) is 4.68 Å². The van der Waals surface area contributed by atoms with Crippen LogP contribution in [0.3, 0.4) is 0 Å². The van der Waals surface area contributed by atoms with Gasteiger partial charge in [-0.05, 0) is 32.3 Å². The third-order valence-electron chi connectivity index (χ3n) is 3.52. The highest BCUT2D eigenvalue weighted by atomic mass is 35.5. The van der Waals surface area contributed by atoms with Gasteiger partial charge in [0.05, 0.1) is 5.69 Å². The standard InChI is InChI=1S/C15H21ClN4/c1-10-5-4-6-12(7-10)8-13(18-17)9-14-11(2)19-20(3)15(14)16/h4-7,13,18H,8-9,17H2,1-3H3. The van der Waals surface area contributed by atoms with E-state index in [9.17, 15) is 0 Å². The molecule has 0 aliphatic carbocycles. The third kappa shape index (κ3) is 3.39. The average Bonchev–Trinajstić information content (AvgIpc) is 2.64. The molecule has 0 bridgehead atoms. The van der Waals surface area contributed by atoms with Gasteiger partial charge < -0.3 is 0 Å². The number of nitrogens with one attached hydrogen (secondary N) is 1. The molecule has 0 radical (unpaired) electrons. The molecule has 2 aromatic rings. The molecule has 0 aliphatic rings. The van der Waals surface area contributed by atoms with E-state index >= 15 is 0 Å². The summed E-state index contributed by atoms with van der Waals surface area (Å²) in [5.74, 6) is 5.69. The van der Waals surface area contributed by atoms with Crippen LogP contribution < -0.4 is 11.3 Å². The molecule has 0 spiro atoms. The smallest absolute Gasteiger partial charge is 0.130 e.